The molecule has 0 atom stereocenters. The van der Waals surface area contributed by atoms with Gasteiger partial charge in [0.05, 0.1) is 18.5 Å². The monoisotopic (exact) mass is 380 g/mol. The van der Waals surface area contributed by atoms with Crippen molar-refractivity contribution in [2.45, 2.75) is 19.9 Å². The zero-order valence-electron chi connectivity index (χ0n) is 15.0. The van der Waals surface area contributed by atoms with Crippen LogP contribution < -0.4 is 10.7 Å². The summed E-state index contributed by atoms with van der Waals surface area (Å²) in [4.78, 5) is 0. The Morgan fingerprint density at radius 2 is 1.81 bits per heavy atom. The minimum Gasteiger partial charge on any atom is -0.342 e. The van der Waals surface area contributed by atoms with Gasteiger partial charge in [-0.05, 0) is 48.5 Å². The number of hydrazone groups is 1. The number of thiocarbonyl (C=S) groups is 1. The minimum atomic E-state index is -0.216. The van der Waals surface area contributed by atoms with Gasteiger partial charge in [0.1, 0.15) is 5.82 Å². The SMILES string of the molecule is CCc1ccccc1NC(=S)N/N=C/c1cccn1Cc1ccccc1F. The third-order valence-electron chi connectivity index (χ3n) is 4.17. The molecule has 27 heavy (non-hydrogen) atoms. The molecule has 0 radical (unpaired) electrons. The first kappa shape index (κ1) is 18.8. The number of hydrogen-bond acceptors (Lipinski definition) is 2. The van der Waals surface area contributed by atoms with Crippen molar-refractivity contribution in [1.29, 1.82) is 0 Å². The molecule has 4 nitrogen and oxygen atoms in total. The van der Waals surface area contributed by atoms with E-state index in [4.69, 9.17) is 12.2 Å². The average molecular weight is 380 g/mol. The number of anilines is 1. The molecule has 0 fully saturated rings. The van der Waals surface area contributed by atoms with E-state index in [2.05, 4.69) is 28.8 Å². The fraction of sp³-hybridized carbons (Fsp3) is 0.143. The van der Waals surface area contributed by atoms with Gasteiger partial charge in [-0.25, -0.2) is 4.39 Å². The second-order valence-corrected chi connectivity index (χ2v) is 6.40. The molecule has 0 unspecified atom stereocenters. The molecular weight excluding hydrogens is 359 g/mol. The molecule has 3 aromatic rings. The first-order valence-corrected chi connectivity index (χ1v) is 9.14. The molecule has 0 bridgehead atoms. The van der Waals surface area contributed by atoms with Crippen molar-refractivity contribution in [2.75, 3.05) is 5.32 Å². The molecule has 0 saturated carbocycles. The predicted molar refractivity (Wildman–Crippen MR) is 113 cm³/mol. The highest BCUT2D eigenvalue weighted by atomic mass is 32.1. The third-order valence-corrected chi connectivity index (χ3v) is 4.37. The van der Waals surface area contributed by atoms with Crippen molar-refractivity contribution in [3.8, 4) is 0 Å². The summed E-state index contributed by atoms with van der Waals surface area (Å²) in [7, 11) is 0. The molecule has 3 rings (SSSR count). The highest BCUT2D eigenvalue weighted by Crippen LogP contribution is 2.15. The van der Waals surface area contributed by atoms with Crippen LogP contribution in [0, 0.1) is 5.82 Å². The summed E-state index contributed by atoms with van der Waals surface area (Å²) in [6, 6.07) is 18.6. The largest absolute Gasteiger partial charge is 0.342 e. The summed E-state index contributed by atoms with van der Waals surface area (Å²) in [5, 5.41) is 7.77. The van der Waals surface area contributed by atoms with Gasteiger partial charge in [-0.2, -0.15) is 5.10 Å². The van der Waals surface area contributed by atoms with Crippen molar-refractivity contribution in [1.82, 2.24) is 9.99 Å². The van der Waals surface area contributed by atoms with E-state index in [0.717, 1.165) is 17.8 Å². The van der Waals surface area contributed by atoms with Crippen LogP contribution in [0.5, 0.6) is 0 Å². The summed E-state index contributed by atoms with van der Waals surface area (Å²) in [6.07, 6.45) is 4.47. The van der Waals surface area contributed by atoms with E-state index < -0.39 is 0 Å². The number of nitrogens with zero attached hydrogens (tertiary/aromatic N) is 2. The summed E-state index contributed by atoms with van der Waals surface area (Å²) >= 11 is 5.30. The van der Waals surface area contributed by atoms with E-state index in [1.54, 1.807) is 18.3 Å². The molecule has 0 aliphatic rings. The quantitative estimate of drug-likeness (QED) is 0.374. The normalized spacial score (nSPS) is 10.9. The number of aryl methyl sites for hydroxylation is 1. The van der Waals surface area contributed by atoms with E-state index in [1.807, 2.05) is 47.2 Å². The molecule has 0 aliphatic heterocycles. The second kappa shape index (κ2) is 9.09. The zero-order chi connectivity index (χ0) is 19.1. The van der Waals surface area contributed by atoms with E-state index >= 15 is 0 Å². The summed E-state index contributed by atoms with van der Waals surface area (Å²) in [6.45, 7) is 2.53. The lowest BCUT2D eigenvalue weighted by Gasteiger charge is -2.11. The van der Waals surface area contributed by atoms with Crippen molar-refractivity contribution < 1.29 is 4.39 Å². The lowest BCUT2D eigenvalue weighted by molar-refractivity contribution is 0.599. The Kier molecular flexibility index (Phi) is 6.33. The molecule has 0 amide bonds. The average Bonchev–Trinajstić information content (AvgIpc) is 3.11. The standard InChI is InChI=1S/C21H21FN4S/c1-2-16-8-4-6-12-20(16)24-21(27)25-23-14-18-10-7-13-26(18)15-17-9-3-5-11-19(17)22/h3-14H,2,15H2,1H3,(H2,24,25,27)/b23-14+. The number of aromatic nitrogens is 1. The number of nitrogens with one attached hydrogen (secondary N) is 2. The molecular formula is C21H21FN4S. The number of hydrogen-bond donors (Lipinski definition) is 2. The third kappa shape index (κ3) is 5.01. The lowest BCUT2D eigenvalue weighted by Crippen LogP contribution is -2.24. The Morgan fingerprint density at radius 1 is 1.07 bits per heavy atom. The van der Waals surface area contributed by atoms with Gasteiger partial charge in [0.15, 0.2) is 5.11 Å². The van der Waals surface area contributed by atoms with Crippen LogP contribution in [0.25, 0.3) is 0 Å². The Hall–Kier alpha value is -2.99. The van der Waals surface area contributed by atoms with Crippen LogP contribution in [-0.4, -0.2) is 15.9 Å². The van der Waals surface area contributed by atoms with Crippen LogP contribution in [0.2, 0.25) is 0 Å². The Bertz CT molecular complexity index is 949. The van der Waals surface area contributed by atoms with Gasteiger partial charge < -0.3 is 9.88 Å². The topological polar surface area (TPSA) is 41.4 Å². The van der Waals surface area contributed by atoms with Crippen LogP contribution in [-0.2, 0) is 13.0 Å². The maximum absolute atomic E-state index is 13.9. The van der Waals surface area contributed by atoms with Crippen LogP contribution in [0.15, 0.2) is 72.0 Å². The number of rotatable bonds is 6. The van der Waals surface area contributed by atoms with Gasteiger partial charge in [0, 0.05) is 17.4 Å². The number of halogens is 1. The van der Waals surface area contributed by atoms with Crippen molar-refractivity contribution in [3.63, 3.8) is 0 Å². The minimum absolute atomic E-state index is 0.216. The van der Waals surface area contributed by atoms with Crippen molar-refractivity contribution in [3.05, 3.63) is 89.5 Å². The highest BCUT2D eigenvalue weighted by molar-refractivity contribution is 7.80. The molecule has 1 aromatic heterocycles. The Morgan fingerprint density at radius 3 is 2.59 bits per heavy atom. The molecule has 6 heteroatoms. The molecule has 1 heterocycles. The van der Waals surface area contributed by atoms with Gasteiger partial charge in [-0.3, -0.25) is 5.43 Å². The van der Waals surface area contributed by atoms with Crippen LogP contribution >= 0.6 is 12.2 Å². The number of benzene rings is 2. The fourth-order valence-electron chi connectivity index (χ4n) is 2.76. The van der Waals surface area contributed by atoms with Gasteiger partial charge in [-0.1, -0.05) is 43.3 Å². The summed E-state index contributed by atoms with van der Waals surface area (Å²) in [5.41, 5.74) is 6.46. The first-order valence-electron chi connectivity index (χ1n) is 8.74. The first-order chi connectivity index (χ1) is 13.2. The van der Waals surface area contributed by atoms with Crippen molar-refractivity contribution >= 4 is 29.2 Å². The maximum atomic E-state index is 13.9. The lowest BCUT2D eigenvalue weighted by atomic mass is 10.1. The Balaban J connectivity index is 1.61. The van der Waals surface area contributed by atoms with E-state index in [9.17, 15) is 4.39 Å². The van der Waals surface area contributed by atoms with Crippen LogP contribution in [0.4, 0.5) is 10.1 Å². The Labute approximate surface area is 163 Å². The van der Waals surface area contributed by atoms with Crippen molar-refractivity contribution in [2.24, 2.45) is 5.10 Å². The van der Waals surface area contributed by atoms with Gasteiger partial charge in [0.25, 0.3) is 0 Å². The smallest absolute Gasteiger partial charge is 0.191 e. The molecule has 0 saturated heterocycles. The molecule has 0 aliphatic carbocycles. The zero-order valence-corrected chi connectivity index (χ0v) is 15.8. The van der Waals surface area contributed by atoms with E-state index in [1.165, 1.54) is 11.6 Å². The van der Waals surface area contributed by atoms with Gasteiger partial charge in [0.2, 0.25) is 0 Å². The highest BCUT2D eigenvalue weighted by Gasteiger charge is 2.05. The molecule has 2 N–H and O–H groups in total. The second-order valence-electron chi connectivity index (χ2n) is 5.99. The predicted octanol–water partition coefficient (Wildman–Crippen LogP) is 4.56. The van der Waals surface area contributed by atoms with E-state index in [0.29, 0.717) is 17.2 Å². The number of para-hydroxylation sites is 1. The maximum Gasteiger partial charge on any atom is 0.191 e. The molecule has 2 aromatic carbocycles. The fourth-order valence-corrected chi connectivity index (χ4v) is 2.92. The van der Waals surface area contributed by atoms with Crippen LogP contribution in [0.1, 0.15) is 23.7 Å². The van der Waals surface area contributed by atoms with E-state index in [-0.39, 0.29) is 5.82 Å². The van der Waals surface area contributed by atoms with Gasteiger partial charge >= 0.3 is 0 Å². The van der Waals surface area contributed by atoms with Crippen LogP contribution in [0.3, 0.4) is 0 Å². The summed E-state index contributed by atoms with van der Waals surface area (Å²) < 4.78 is 15.8. The molecule has 138 valence electrons. The summed E-state index contributed by atoms with van der Waals surface area (Å²) in [5.74, 6) is -0.216. The van der Waals surface area contributed by atoms with Gasteiger partial charge in [-0.15, -0.1) is 0 Å². The molecule has 0 spiro atoms.